The van der Waals surface area contributed by atoms with Crippen LogP contribution in [0.3, 0.4) is 0 Å². The Labute approximate surface area is 136 Å². The van der Waals surface area contributed by atoms with E-state index in [-0.39, 0.29) is 17.6 Å². The average molecular weight is 333 g/mol. The molecule has 126 valence electrons. The van der Waals surface area contributed by atoms with Gasteiger partial charge < -0.3 is 5.32 Å². The number of aromatic nitrogens is 2. The maximum Gasteiger partial charge on any atom is 0.330 e. The van der Waals surface area contributed by atoms with Gasteiger partial charge in [-0.15, -0.1) is 0 Å². The second-order valence-electron chi connectivity index (χ2n) is 6.45. The van der Waals surface area contributed by atoms with Crippen LogP contribution in [0.25, 0.3) is 0 Å². The lowest BCUT2D eigenvalue weighted by molar-refractivity contribution is 0.295. The number of nitrogens with one attached hydrogen (secondary N) is 2. The van der Waals surface area contributed by atoms with Crippen LogP contribution in [-0.4, -0.2) is 9.55 Å². The predicted molar refractivity (Wildman–Crippen MR) is 85.3 cm³/mol. The smallest absolute Gasteiger partial charge is 0.330 e. The highest BCUT2D eigenvalue weighted by molar-refractivity contribution is 5.48. The third-order valence-electron chi connectivity index (χ3n) is 5.02. The summed E-state index contributed by atoms with van der Waals surface area (Å²) in [5.41, 5.74) is 0.487. The molecule has 0 saturated heterocycles. The van der Waals surface area contributed by atoms with E-state index in [4.69, 9.17) is 0 Å². The zero-order chi connectivity index (χ0) is 16.8. The van der Waals surface area contributed by atoms with Crippen LogP contribution in [0.2, 0.25) is 0 Å². The van der Waals surface area contributed by atoms with Gasteiger partial charge in [0, 0.05) is 6.04 Å². The second kappa shape index (κ2) is 5.58. The molecule has 1 aliphatic heterocycles. The molecular weight excluding hydrogens is 316 g/mol. The first-order valence-electron chi connectivity index (χ1n) is 8.14. The standard InChI is InChI=1S/C17H17F2N3O2/c18-12-6-4-9(8-13(12)19)14-7-5-11-15(20-14)21-17(24)22(16(11)23)10-2-1-3-10/h4,6,8,10,14,20H,1-3,5,7H2,(H,21,24)/t14-/m1/s1. The summed E-state index contributed by atoms with van der Waals surface area (Å²) < 4.78 is 27.8. The number of fused-ring (bicyclic) bond motifs is 1. The first-order chi connectivity index (χ1) is 11.5. The van der Waals surface area contributed by atoms with Crippen LogP contribution in [0.1, 0.15) is 48.9 Å². The van der Waals surface area contributed by atoms with E-state index in [9.17, 15) is 18.4 Å². The summed E-state index contributed by atoms with van der Waals surface area (Å²) in [6, 6.07) is 3.46. The van der Waals surface area contributed by atoms with Crippen LogP contribution in [0.4, 0.5) is 14.6 Å². The van der Waals surface area contributed by atoms with E-state index in [2.05, 4.69) is 10.3 Å². The summed E-state index contributed by atoms with van der Waals surface area (Å²) in [6.45, 7) is 0. The van der Waals surface area contributed by atoms with E-state index in [0.717, 1.165) is 31.4 Å². The summed E-state index contributed by atoms with van der Waals surface area (Å²) in [4.78, 5) is 27.6. The van der Waals surface area contributed by atoms with Crippen molar-refractivity contribution in [2.75, 3.05) is 5.32 Å². The van der Waals surface area contributed by atoms with E-state index in [1.807, 2.05) is 0 Å². The Balaban J connectivity index is 1.69. The fourth-order valence-electron chi connectivity index (χ4n) is 3.43. The zero-order valence-electron chi connectivity index (χ0n) is 12.9. The van der Waals surface area contributed by atoms with Crippen LogP contribution < -0.4 is 16.6 Å². The molecule has 7 heteroatoms. The third kappa shape index (κ3) is 2.35. The minimum Gasteiger partial charge on any atom is -0.364 e. The van der Waals surface area contributed by atoms with Gasteiger partial charge >= 0.3 is 5.69 Å². The summed E-state index contributed by atoms with van der Waals surface area (Å²) in [5.74, 6) is -1.41. The van der Waals surface area contributed by atoms with Gasteiger partial charge in [0.2, 0.25) is 0 Å². The number of hydrogen-bond donors (Lipinski definition) is 2. The van der Waals surface area contributed by atoms with Gasteiger partial charge in [-0.3, -0.25) is 14.3 Å². The first kappa shape index (κ1) is 15.1. The van der Waals surface area contributed by atoms with Gasteiger partial charge in [0.1, 0.15) is 5.82 Å². The molecule has 0 bridgehead atoms. The summed E-state index contributed by atoms with van der Waals surface area (Å²) in [6.07, 6.45) is 3.79. The van der Waals surface area contributed by atoms with Crippen LogP contribution in [0.15, 0.2) is 27.8 Å². The number of benzene rings is 1. The molecule has 2 heterocycles. The number of anilines is 1. The van der Waals surface area contributed by atoms with Crippen molar-refractivity contribution in [1.82, 2.24) is 9.55 Å². The Bertz CT molecular complexity index is 915. The molecule has 1 aliphatic carbocycles. The number of aromatic amines is 1. The zero-order valence-corrected chi connectivity index (χ0v) is 12.9. The normalized spacial score (nSPS) is 20.2. The number of rotatable bonds is 2. The minimum atomic E-state index is -0.908. The Morgan fingerprint density at radius 1 is 1.08 bits per heavy atom. The van der Waals surface area contributed by atoms with Crippen molar-refractivity contribution in [3.63, 3.8) is 0 Å². The molecule has 5 nitrogen and oxygen atoms in total. The van der Waals surface area contributed by atoms with Crippen LogP contribution in [0, 0.1) is 11.6 Å². The van der Waals surface area contributed by atoms with Gasteiger partial charge in [0.15, 0.2) is 11.6 Å². The summed E-state index contributed by atoms with van der Waals surface area (Å²) in [7, 11) is 0. The predicted octanol–water partition coefficient (Wildman–Crippen LogP) is 2.64. The molecule has 2 aliphatic rings. The molecule has 0 radical (unpaired) electrons. The molecule has 2 N–H and O–H groups in total. The maximum atomic E-state index is 13.4. The van der Waals surface area contributed by atoms with Crippen molar-refractivity contribution < 1.29 is 8.78 Å². The van der Waals surface area contributed by atoms with Crippen molar-refractivity contribution >= 4 is 5.82 Å². The van der Waals surface area contributed by atoms with Crippen molar-refractivity contribution in [2.45, 2.75) is 44.2 Å². The highest BCUT2D eigenvalue weighted by Crippen LogP contribution is 2.32. The minimum absolute atomic E-state index is 0.00420. The highest BCUT2D eigenvalue weighted by atomic mass is 19.2. The van der Waals surface area contributed by atoms with Gasteiger partial charge in [-0.2, -0.15) is 0 Å². The lowest BCUT2D eigenvalue weighted by atomic mass is 9.92. The SMILES string of the molecule is O=c1[nH]c2c(c(=O)n1C1CCC1)CC[C@H](c1ccc(F)c(F)c1)N2. The van der Waals surface area contributed by atoms with Crippen LogP contribution >= 0.6 is 0 Å². The van der Waals surface area contributed by atoms with Crippen molar-refractivity contribution in [1.29, 1.82) is 0 Å². The molecule has 1 aromatic heterocycles. The number of nitrogens with zero attached hydrogens (tertiary/aromatic N) is 1. The molecular formula is C17H17F2N3O2. The van der Waals surface area contributed by atoms with Gasteiger partial charge in [-0.1, -0.05) is 6.07 Å². The maximum absolute atomic E-state index is 13.4. The number of halogens is 2. The Morgan fingerprint density at radius 2 is 1.88 bits per heavy atom. The topological polar surface area (TPSA) is 66.9 Å². The van der Waals surface area contributed by atoms with Crippen molar-refractivity contribution in [3.8, 4) is 0 Å². The molecule has 4 rings (SSSR count). The molecule has 24 heavy (non-hydrogen) atoms. The van der Waals surface area contributed by atoms with Crippen molar-refractivity contribution in [2.24, 2.45) is 0 Å². The van der Waals surface area contributed by atoms with Gasteiger partial charge in [0.25, 0.3) is 5.56 Å². The molecule has 1 atom stereocenters. The quantitative estimate of drug-likeness (QED) is 0.888. The molecule has 0 unspecified atom stereocenters. The lowest BCUT2D eigenvalue weighted by Crippen LogP contribution is -2.43. The monoisotopic (exact) mass is 333 g/mol. The summed E-state index contributed by atoms with van der Waals surface area (Å²) in [5, 5.41) is 3.09. The second-order valence-corrected chi connectivity index (χ2v) is 6.45. The van der Waals surface area contributed by atoms with E-state index in [1.165, 1.54) is 10.6 Å². The molecule has 1 saturated carbocycles. The van der Waals surface area contributed by atoms with E-state index < -0.39 is 17.3 Å². The molecule has 1 fully saturated rings. The van der Waals surface area contributed by atoms with Crippen LogP contribution in [0.5, 0.6) is 0 Å². The lowest BCUT2D eigenvalue weighted by Gasteiger charge is -2.30. The van der Waals surface area contributed by atoms with Gasteiger partial charge in [-0.05, 0) is 49.8 Å². The largest absolute Gasteiger partial charge is 0.364 e. The van der Waals surface area contributed by atoms with Gasteiger partial charge in [0.05, 0.1) is 11.6 Å². The van der Waals surface area contributed by atoms with E-state index >= 15 is 0 Å². The van der Waals surface area contributed by atoms with Gasteiger partial charge in [-0.25, -0.2) is 13.6 Å². The van der Waals surface area contributed by atoms with Crippen molar-refractivity contribution in [3.05, 3.63) is 61.8 Å². The molecule has 0 amide bonds. The first-order valence-corrected chi connectivity index (χ1v) is 8.14. The van der Waals surface area contributed by atoms with E-state index in [0.29, 0.717) is 29.8 Å². The van der Waals surface area contributed by atoms with Crippen LogP contribution in [-0.2, 0) is 6.42 Å². The Kier molecular flexibility index (Phi) is 3.51. The Hall–Kier alpha value is -2.44. The number of H-pyrrole nitrogens is 1. The third-order valence-corrected chi connectivity index (χ3v) is 5.02. The summed E-state index contributed by atoms with van der Waals surface area (Å²) >= 11 is 0. The highest BCUT2D eigenvalue weighted by Gasteiger charge is 2.28. The fourth-order valence-corrected chi connectivity index (χ4v) is 3.43. The fraction of sp³-hybridized carbons (Fsp3) is 0.412. The van der Waals surface area contributed by atoms with E-state index in [1.54, 1.807) is 0 Å². The molecule has 1 aromatic carbocycles. The average Bonchev–Trinajstić information content (AvgIpc) is 2.51. The number of hydrogen-bond acceptors (Lipinski definition) is 3. The molecule has 2 aromatic rings. The Morgan fingerprint density at radius 3 is 2.54 bits per heavy atom. The molecule has 0 spiro atoms.